The molecule has 0 amide bonds. The number of benzene rings is 3. The fraction of sp³-hybridized carbons (Fsp3) is 0. The molecule has 0 radical (unpaired) electrons. The smallest absolute Gasteiger partial charge is 0.365 e. The highest BCUT2D eigenvalue weighted by Gasteiger charge is 2.23. The summed E-state index contributed by atoms with van der Waals surface area (Å²) in [5.74, 6) is 0.313. The zero-order valence-corrected chi connectivity index (χ0v) is 26.8. The van der Waals surface area contributed by atoms with E-state index in [-0.39, 0.29) is 17.2 Å². The Morgan fingerprint density at radius 2 is 0.694 bits per heavy atom. The predicted octanol–water partition coefficient (Wildman–Crippen LogP) is 6.27. The van der Waals surface area contributed by atoms with Gasteiger partial charge < -0.3 is 14.5 Å². The SMILES string of the molecule is O=c1n(Oc2cccc(Br)c2Br)c(=O)n(Oc2cccc(Br)c2Br)c(=O)n1Oc1cccc(Br)c1Br. The van der Waals surface area contributed by atoms with Crippen LogP contribution in [0.5, 0.6) is 17.2 Å². The second-order valence-electron chi connectivity index (χ2n) is 6.66. The Balaban J connectivity index is 1.94. The summed E-state index contributed by atoms with van der Waals surface area (Å²) in [7, 11) is 0. The average molecular weight is 879 g/mol. The lowest BCUT2D eigenvalue weighted by Crippen LogP contribution is -2.58. The van der Waals surface area contributed by atoms with Gasteiger partial charge in [-0.2, -0.15) is 0 Å². The Morgan fingerprint density at radius 3 is 0.944 bits per heavy atom. The first-order chi connectivity index (χ1) is 17.1. The van der Waals surface area contributed by atoms with Crippen molar-refractivity contribution in [3.8, 4) is 17.2 Å². The van der Waals surface area contributed by atoms with Crippen LogP contribution in [0, 0.1) is 0 Å². The van der Waals surface area contributed by atoms with Crippen LogP contribution < -0.4 is 31.6 Å². The monoisotopic (exact) mass is 873 g/mol. The third-order valence-corrected chi connectivity index (χ3v) is 10.4. The van der Waals surface area contributed by atoms with Gasteiger partial charge >= 0.3 is 17.1 Å². The summed E-state index contributed by atoms with van der Waals surface area (Å²) in [6.45, 7) is 0. The Bertz CT molecular complexity index is 1440. The minimum absolute atomic E-state index is 0.104. The molecule has 1 aromatic heterocycles. The van der Waals surface area contributed by atoms with E-state index in [1.165, 1.54) is 18.2 Å². The van der Waals surface area contributed by atoms with E-state index >= 15 is 0 Å². The minimum Gasteiger partial charge on any atom is -0.365 e. The van der Waals surface area contributed by atoms with Crippen LogP contribution in [0.15, 0.2) is 95.8 Å². The van der Waals surface area contributed by atoms with Gasteiger partial charge in [0.2, 0.25) is 0 Å². The van der Waals surface area contributed by atoms with Crippen molar-refractivity contribution >= 4 is 95.6 Å². The summed E-state index contributed by atoms with van der Waals surface area (Å²) in [5.41, 5.74) is -3.63. The summed E-state index contributed by atoms with van der Waals surface area (Å²) < 4.78 is 4.09. The second kappa shape index (κ2) is 11.4. The predicted molar refractivity (Wildman–Crippen MR) is 153 cm³/mol. The van der Waals surface area contributed by atoms with E-state index < -0.39 is 17.1 Å². The molecule has 0 saturated heterocycles. The number of hydrogen-bond acceptors (Lipinski definition) is 6. The van der Waals surface area contributed by atoms with Crippen molar-refractivity contribution in [3.63, 3.8) is 0 Å². The third-order valence-electron chi connectivity index (χ3n) is 4.36. The number of nitrogens with zero attached hydrogens (tertiary/aromatic N) is 3. The summed E-state index contributed by atoms with van der Waals surface area (Å²) >= 11 is 20.0. The topological polar surface area (TPSA) is 93.7 Å². The highest BCUT2D eigenvalue weighted by molar-refractivity contribution is 9.13. The Labute approximate surface area is 252 Å². The van der Waals surface area contributed by atoms with Crippen molar-refractivity contribution in [2.75, 3.05) is 0 Å². The van der Waals surface area contributed by atoms with Gasteiger partial charge in [-0.05, 0) is 132 Å². The molecule has 0 spiro atoms. The Kier molecular flexibility index (Phi) is 8.67. The summed E-state index contributed by atoms with van der Waals surface area (Å²) in [6.07, 6.45) is 0. The summed E-state index contributed by atoms with van der Waals surface area (Å²) in [5, 5.41) is 0. The lowest BCUT2D eigenvalue weighted by Gasteiger charge is -2.16. The largest absolute Gasteiger partial charge is 0.404 e. The molecule has 186 valence electrons. The standard InChI is InChI=1S/C21H9Br6N3O6/c22-10-4-1-7-13(16(10)25)34-28-19(31)29(35-14-8-2-5-11(23)17(14)26)21(33)30(20(28)32)36-15-9-3-6-12(24)18(15)27/h1-9H. The molecule has 36 heavy (non-hydrogen) atoms. The minimum atomic E-state index is -1.21. The Hall–Kier alpha value is -1.65. The fourth-order valence-corrected chi connectivity index (χ4v) is 4.74. The van der Waals surface area contributed by atoms with Gasteiger partial charge in [0.15, 0.2) is 17.2 Å². The first-order valence-electron chi connectivity index (χ1n) is 9.48. The summed E-state index contributed by atoms with van der Waals surface area (Å²) in [6, 6.07) is 14.6. The van der Waals surface area contributed by atoms with Crippen molar-refractivity contribution in [2.45, 2.75) is 0 Å². The molecule has 0 atom stereocenters. The molecule has 0 fully saturated rings. The first-order valence-corrected chi connectivity index (χ1v) is 14.2. The normalized spacial score (nSPS) is 10.8. The highest BCUT2D eigenvalue weighted by Crippen LogP contribution is 2.34. The van der Waals surface area contributed by atoms with E-state index in [1.807, 2.05) is 0 Å². The zero-order valence-electron chi connectivity index (χ0n) is 17.3. The molecule has 0 saturated carbocycles. The molecule has 1 heterocycles. The van der Waals surface area contributed by atoms with E-state index in [1.54, 1.807) is 36.4 Å². The average Bonchev–Trinajstić information content (AvgIpc) is 2.85. The number of hydrogen-bond donors (Lipinski definition) is 0. The molecule has 3 aromatic carbocycles. The van der Waals surface area contributed by atoms with Gasteiger partial charge in [0, 0.05) is 13.4 Å². The molecule has 0 aliphatic rings. The van der Waals surface area contributed by atoms with Gasteiger partial charge in [-0.1, -0.05) is 32.4 Å². The van der Waals surface area contributed by atoms with Crippen LogP contribution in [-0.4, -0.2) is 14.2 Å². The highest BCUT2D eigenvalue weighted by atomic mass is 79.9. The van der Waals surface area contributed by atoms with Crippen LogP contribution in [0.25, 0.3) is 0 Å². The molecule has 0 bridgehead atoms. The van der Waals surface area contributed by atoms with Crippen LogP contribution in [-0.2, 0) is 0 Å². The van der Waals surface area contributed by atoms with Crippen LogP contribution in [0.4, 0.5) is 0 Å². The van der Waals surface area contributed by atoms with Gasteiger partial charge in [-0.25, -0.2) is 14.4 Å². The van der Waals surface area contributed by atoms with E-state index in [0.717, 1.165) is 0 Å². The van der Waals surface area contributed by atoms with Crippen molar-refractivity contribution in [3.05, 3.63) is 113 Å². The van der Waals surface area contributed by atoms with Crippen molar-refractivity contribution in [1.29, 1.82) is 0 Å². The van der Waals surface area contributed by atoms with Crippen molar-refractivity contribution < 1.29 is 14.5 Å². The van der Waals surface area contributed by atoms with E-state index in [4.69, 9.17) is 14.5 Å². The molecule has 4 aromatic rings. The lowest BCUT2D eigenvalue weighted by molar-refractivity contribution is 0.0644. The van der Waals surface area contributed by atoms with Gasteiger partial charge in [0.1, 0.15) is 0 Å². The van der Waals surface area contributed by atoms with E-state index in [2.05, 4.69) is 95.6 Å². The van der Waals surface area contributed by atoms with Crippen LogP contribution in [0.1, 0.15) is 0 Å². The van der Waals surface area contributed by atoms with Gasteiger partial charge in [-0.3, -0.25) is 0 Å². The molecule has 0 unspecified atom stereocenters. The quantitative estimate of drug-likeness (QED) is 0.227. The number of halogens is 6. The molecular weight excluding hydrogens is 870 g/mol. The maximum Gasteiger partial charge on any atom is 0.404 e. The maximum absolute atomic E-state index is 13.3. The molecule has 4 rings (SSSR count). The van der Waals surface area contributed by atoms with Crippen molar-refractivity contribution in [1.82, 2.24) is 14.2 Å². The molecule has 15 heteroatoms. The molecule has 0 N–H and O–H groups in total. The van der Waals surface area contributed by atoms with Crippen molar-refractivity contribution in [2.24, 2.45) is 0 Å². The lowest BCUT2D eigenvalue weighted by atomic mass is 10.3. The van der Waals surface area contributed by atoms with E-state index in [0.29, 0.717) is 41.0 Å². The van der Waals surface area contributed by atoms with Crippen LogP contribution >= 0.6 is 95.6 Å². The first kappa shape index (κ1) is 27.4. The van der Waals surface area contributed by atoms with Crippen LogP contribution in [0.3, 0.4) is 0 Å². The summed E-state index contributed by atoms with van der Waals surface area (Å²) in [4.78, 5) is 56.6. The molecular formula is C21H9Br6N3O6. The van der Waals surface area contributed by atoms with E-state index in [9.17, 15) is 14.4 Å². The molecule has 9 nitrogen and oxygen atoms in total. The second-order valence-corrected chi connectivity index (χ2v) is 11.6. The number of rotatable bonds is 6. The zero-order chi connectivity index (χ0) is 26.1. The van der Waals surface area contributed by atoms with Gasteiger partial charge in [-0.15, -0.1) is 0 Å². The van der Waals surface area contributed by atoms with Gasteiger partial charge in [0.05, 0.1) is 13.4 Å². The third kappa shape index (κ3) is 5.45. The number of aromatic nitrogens is 3. The van der Waals surface area contributed by atoms with Gasteiger partial charge in [0.25, 0.3) is 0 Å². The fourth-order valence-electron chi connectivity index (χ4n) is 2.69. The maximum atomic E-state index is 13.3. The molecule has 0 aliphatic carbocycles. The molecule has 0 aliphatic heterocycles. The Morgan fingerprint density at radius 1 is 0.444 bits per heavy atom. The van der Waals surface area contributed by atoms with Crippen LogP contribution in [0.2, 0.25) is 0 Å².